The highest BCUT2D eigenvalue weighted by Crippen LogP contribution is 2.10. The Hall–Kier alpha value is -1.51. The second-order valence-electron chi connectivity index (χ2n) is 5.63. The Morgan fingerprint density at radius 1 is 1.33 bits per heavy atom. The number of benzene rings is 1. The van der Waals surface area contributed by atoms with E-state index in [9.17, 15) is 13.2 Å². The van der Waals surface area contributed by atoms with Crippen LogP contribution in [0.25, 0.3) is 10.9 Å². The van der Waals surface area contributed by atoms with Crippen LogP contribution in [0.5, 0.6) is 0 Å². The monoisotopic (exact) mass is 327 g/mol. The quantitative estimate of drug-likeness (QED) is 0.831. The number of hydrogen-bond donors (Lipinski definition) is 2. The molecule has 0 atom stereocenters. The Morgan fingerprint density at radius 2 is 1.95 bits per heavy atom. The minimum atomic E-state index is -3.38. The third kappa shape index (κ3) is 3.78. The summed E-state index contributed by atoms with van der Waals surface area (Å²) in [5.74, 6) is 0. The smallest absolute Gasteiger partial charge is 0.262 e. The highest BCUT2D eigenvalue weighted by molar-refractivity contribution is 7.88. The number of hydrogen-bond acceptors (Lipinski definition) is 4. The highest BCUT2D eigenvalue weighted by atomic mass is 32.2. The molecular weight excluding hydrogens is 310 g/mol. The topological polar surface area (TPSA) is 84.0 Å². The molecule has 0 saturated heterocycles. The fourth-order valence-corrected chi connectivity index (χ4v) is 3.60. The van der Waals surface area contributed by atoms with Crippen molar-refractivity contribution in [2.75, 3.05) is 6.26 Å². The largest absolute Gasteiger partial charge is 0.332 e. The van der Waals surface area contributed by atoms with Crippen molar-refractivity contribution in [3.05, 3.63) is 39.4 Å². The Balaban J connectivity index is 2.53. The fourth-order valence-electron chi connectivity index (χ4n) is 2.27. The van der Waals surface area contributed by atoms with Crippen LogP contribution in [0.15, 0.2) is 29.1 Å². The zero-order valence-corrected chi connectivity index (χ0v) is 13.6. The number of aromatic nitrogens is 2. The van der Waals surface area contributed by atoms with Crippen molar-refractivity contribution in [3.63, 3.8) is 0 Å². The van der Waals surface area contributed by atoms with E-state index in [0.29, 0.717) is 10.9 Å². The molecule has 0 saturated carbocycles. The van der Waals surface area contributed by atoms with Crippen molar-refractivity contribution in [1.82, 2.24) is 14.3 Å². The van der Waals surface area contributed by atoms with Gasteiger partial charge in [0.2, 0.25) is 10.0 Å². The Morgan fingerprint density at radius 3 is 2.57 bits per heavy atom. The number of rotatable bonds is 4. The van der Waals surface area contributed by atoms with E-state index in [2.05, 4.69) is 9.71 Å². The van der Waals surface area contributed by atoms with Gasteiger partial charge in [-0.25, -0.2) is 13.1 Å². The Bertz CT molecular complexity index is 895. The summed E-state index contributed by atoms with van der Waals surface area (Å²) in [6, 6.07) is 7.06. The Labute approximate surface area is 127 Å². The van der Waals surface area contributed by atoms with Crippen LogP contribution in [0.4, 0.5) is 0 Å². The predicted molar refractivity (Wildman–Crippen MR) is 85.5 cm³/mol. The van der Waals surface area contributed by atoms with Crippen LogP contribution in [-0.4, -0.2) is 29.8 Å². The second kappa shape index (κ2) is 5.36. The first-order valence-corrected chi connectivity index (χ1v) is 8.60. The minimum absolute atomic E-state index is 0.138. The van der Waals surface area contributed by atoms with E-state index in [4.69, 9.17) is 12.2 Å². The fraction of sp³-hybridized carbons (Fsp3) is 0.385. The van der Waals surface area contributed by atoms with E-state index in [0.717, 1.165) is 6.26 Å². The van der Waals surface area contributed by atoms with Crippen molar-refractivity contribution in [3.8, 4) is 0 Å². The average molecular weight is 327 g/mol. The van der Waals surface area contributed by atoms with E-state index < -0.39 is 15.6 Å². The number of sulfonamides is 1. The first kappa shape index (κ1) is 15.9. The molecule has 0 aliphatic heterocycles. The summed E-state index contributed by atoms with van der Waals surface area (Å²) in [6.45, 7) is 3.54. The second-order valence-corrected chi connectivity index (χ2v) is 7.76. The first-order chi connectivity index (χ1) is 9.59. The molecule has 6 nitrogen and oxygen atoms in total. The van der Waals surface area contributed by atoms with Gasteiger partial charge in [0.15, 0.2) is 4.77 Å². The lowest BCUT2D eigenvalue weighted by Crippen LogP contribution is -2.47. The van der Waals surface area contributed by atoms with Gasteiger partial charge in [-0.1, -0.05) is 12.1 Å². The molecule has 0 aliphatic rings. The normalized spacial score (nSPS) is 12.7. The molecule has 1 aromatic heterocycles. The van der Waals surface area contributed by atoms with Gasteiger partial charge in [0.25, 0.3) is 5.56 Å². The van der Waals surface area contributed by atoms with Crippen molar-refractivity contribution in [2.45, 2.75) is 25.9 Å². The molecule has 2 rings (SSSR count). The third-order valence-corrected chi connectivity index (χ3v) is 4.15. The van der Waals surface area contributed by atoms with Crippen LogP contribution >= 0.6 is 12.2 Å². The maximum absolute atomic E-state index is 12.5. The minimum Gasteiger partial charge on any atom is -0.332 e. The summed E-state index contributed by atoms with van der Waals surface area (Å²) >= 11 is 5.21. The SMILES string of the molecule is CC(C)(Cn1c(=S)[nH]c2ccccc2c1=O)NS(C)(=O)=O. The molecular formula is C13H17N3O3S2. The zero-order chi connectivity index (χ0) is 15.8. The molecule has 0 unspecified atom stereocenters. The highest BCUT2D eigenvalue weighted by Gasteiger charge is 2.24. The van der Waals surface area contributed by atoms with Gasteiger partial charge in [-0.05, 0) is 38.2 Å². The van der Waals surface area contributed by atoms with E-state index in [1.165, 1.54) is 4.57 Å². The summed E-state index contributed by atoms with van der Waals surface area (Å²) in [7, 11) is -3.38. The van der Waals surface area contributed by atoms with Gasteiger partial charge in [-0.15, -0.1) is 0 Å². The summed E-state index contributed by atoms with van der Waals surface area (Å²) in [5, 5.41) is 0.515. The maximum Gasteiger partial charge on any atom is 0.262 e. The molecule has 0 amide bonds. The van der Waals surface area contributed by atoms with E-state index in [1.54, 1.807) is 32.0 Å². The summed E-state index contributed by atoms with van der Waals surface area (Å²) in [5.41, 5.74) is -0.406. The van der Waals surface area contributed by atoms with Gasteiger partial charge < -0.3 is 4.98 Å². The van der Waals surface area contributed by atoms with E-state index >= 15 is 0 Å². The lowest BCUT2D eigenvalue weighted by atomic mass is 10.1. The molecule has 2 aromatic rings. The van der Waals surface area contributed by atoms with Crippen molar-refractivity contribution < 1.29 is 8.42 Å². The van der Waals surface area contributed by atoms with E-state index in [-0.39, 0.29) is 16.9 Å². The van der Waals surface area contributed by atoms with Gasteiger partial charge in [-0.3, -0.25) is 9.36 Å². The molecule has 0 bridgehead atoms. The van der Waals surface area contributed by atoms with Crippen LogP contribution < -0.4 is 10.3 Å². The van der Waals surface area contributed by atoms with Crippen LogP contribution in [0, 0.1) is 4.77 Å². The molecule has 0 fully saturated rings. The predicted octanol–water partition coefficient (Wildman–Crippen LogP) is 1.39. The molecule has 114 valence electrons. The standard InChI is InChI=1S/C13H17N3O3S2/c1-13(2,15-21(3,18)19)8-16-11(17)9-6-4-5-7-10(9)14-12(16)20/h4-7,15H,8H2,1-3H3,(H,14,20). The lowest BCUT2D eigenvalue weighted by Gasteiger charge is -2.25. The molecule has 0 spiro atoms. The summed E-state index contributed by atoms with van der Waals surface area (Å²) in [6.07, 6.45) is 1.08. The number of para-hydroxylation sites is 1. The zero-order valence-electron chi connectivity index (χ0n) is 12.0. The summed E-state index contributed by atoms with van der Waals surface area (Å²) < 4.78 is 26.9. The molecule has 0 aliphatic carbocycles. The van der Waals surface area contributed by atoms with Crippen LogP contribution in [0.2, 0.25) is 0 Å². The van der Waals surface area contributed by atoms with Gasteiger partial charge in [0.05, 0.1) is 17.2 Å². The summed E-state index contributed by atoms with van der Waals surface area (Å²) in [4.78, 5) is 15.5. The van der Waals surface area contributed by atoms with Crippen LogP contribution in [0.3, 0.4) is 0 Å². The molecule has 8 heteroatoms. The molecule has 1 heterocycles. The molecule has 0 radical (unpaired) electrons. The van der Waals surface area contributed by atoms with Crippen LogP contribution in [-0.2, 0) is 16.6 Å². The molecule has 2 N–H and O–H groups in total. The number of nitrogens with zero attached hydrogens (tertiary/aromatic N) is 1. The lowest BCUT2D eigenvalue weighted by molar-refractivity contribution is 0.382. The third-order valence-electron chi connectivity index (χ3n) is 2.90. The molecule has 21 heavy (non-hydrogen) atoms. The average Bonchev–Trinajstić information content (AvgIpc) is 2.31. The molecule has 1 aromatic carbocycles. The first-order valence-electron chi connectivity index (χ1n) is 6.30. The van der Waals surface area contributed by atoms with Gasteiger partial charge >= 0.3 is 0 Å². The maximum atomic E-state index is 12.5. The number of nitrogens with one attached hydrogen (secondary N) is 2. The Kier molecular flexibility index (Phi) is 4.05. The van der Waals surface area contributed by atoms with Gasteiger partial charge in [0.1, 0.15) is 0 Å². The van der Waals surface area contributed by atoms with Gasteiger partial charge in [-0.2, -0.15) is 0 Å². The number of aromatic amines is 1. The number of fused-ring (bicyclic) bond motifs is 1. The van der Waals surface area contributed by atoms with Crippen molar-refractivity contribution in [2.24, 2.45) is 0 Å². The number of H-pyrrole nitrogens is 1. The van der Waals surface area contributed by atoms with Crippen molar-refractivity contribution >= 4 is 33.1 Å². The van der Waals surface area contributed by atoms with Crippen molar-refractivity contribution in [1.29, 1.82) is 0 Å². The van der Waals surface area contributed by atoms with Crippen LogP contribution in [0.1, 0.15) is 13.8 Å². The van der Waals surface area contributed by atoms with E-state index in [1.807, 2.05) is 6.07 Å². The van der Waals surface area contributed by atoms with Gasteiger partial charge in [0, 0.05) is 12.1 Å².